The van der Waals surface area contributed by atoms with Crippen LogP contribution in [-0.4, -0.2) is 63.3 Å². The van der Waals surface area contributed by atoms with Gasteiger partial charge in [-0.3, -0.25) is 9.59 Å². The standard InChI is InChI=1S/C25H21ClN6O6S/c26-18-8-11-21(32-15-27-30-31-32)22(13-18)39(37,38)14-23(33)29-20(12-16-4-2-1-3-5-16)24(34)28-19-9-6-17(7-10-19)25(35)36/h1-11,13,15,20H,12,14H2,(H,28,34)(H,29,33)(H,35,36). The molecular weight excluding hydrogens is 548 g/mol. The van der Waals surface area contributed by atoms with Gasteiger partial charge in [0, 0.05) is 17.1 Å². The van der Waals surface area contributed by atoms with Crippen LogP contribution in [0.25, 0.3) is 5.69 Å². The fraction of sp³-hybridized carbons (Fsp3) is 0.120. The number of halogens is 1. The van der Waals surface area contributed by atoms with Crippen LogP contribution in [0.5, 0.6) is 0 Å². The smallest absolute Gasteiger partial charge is 0.335 e. The van der Waals surface area contributed by atoms with E-state index in [0.29, 0.717) is 5.69 Å². The van der Waals surface area contributed by atoms with Crippen molar-refractivity contribution in [3.63, 3.8) is 0 Å². The lowest BCUT2D eigenvalue weighted by molar-refractivity contribution is -0.125. The molecule has 1 aromatic heterocycles. The highest BCUT2D eigenvalue weighted by molar-refractivity contribution is 7.92. The Morgan fingerprint density at radius 3 is 2.36 bits per heavy atom. The van der Waals surface area contributed by atoms with E-state index in [9.17, 15) is 22.8 Å². The van der Waals surface area contributed by atoms with Gasteiger partial charge in [0.1, 0.15) is 18.1 Å². The van der Waals surface area contributed by atoms with Crippen molar-refractivity contribution in [1.82, 2.24) is 25.5 Å². The molecule has 12 nitrogen and oxygen atoms in total. The summed E-state index contributed by atoms with van der Waals surface area (Å²) in [5.74, 6) is -3.64. The quantitative estimate of drug-likeness (QED) is 0.259. The third kappa shape index (κ3) is 7.03. The number of aromatic carboxylic acids is 1. The Labute approximate surface area is 227 Å². The first kappa shape index (κ1) is 27.4. The summed E-state index contributed by atoms with van der Waals surface area (Å²) in [7, 11) is -4.25. The van der Waals surface area contributed by atoms with E-state index in [2.05, 4.69) is 26.2 Å². The molecule has 0 saturated carbocycles. The van der Waals surface area contributed by atoms with Gasteiger partial charge in [0.15, 0.2) is 9.84 Å². The van der Waals surface area contributed by atoms with Crippen molar-refractivity contribution < 1.29 is 27.9 Å². The number of tetrazole rings is 1. The molecule has 3 N–H and O–H groups in total. The molecule has 0 aliphatic heterocycles. The molecular formula is C25H21ClN6O6S. The number of rotatable bonds is 10. The number of carboxylic acid groups (broad SMARTS) is 1. The number of carbonyl (C=O) groups excluding carboxylic acids is 2. The van der Waals surface area contributed by atoms with Crippen molar-refractivity contribution in [2.24, 2.45) is 0 Å². The normalized spacial score (nSPS) is 11.9. The molecule has 0 saturated heterocycles. The zero-order chi connectivity index (χ0) is 28.0. The number of nitrogens with one attached hydrogen (secondary N) is 2. The summed E-state index contributed by atoms with van der Waals surface area (Å²) in [5, 5.41) is 25.0. The van der Waals surface area contributed by atoms with Gasteiger partial charge >= 0.3 is 5.97 Å². The molecule has 14 heteroatoms. The lowest BCUT2D eigenvalue weighted by Gasteiger charge is -2.19. The van der Waals surface area contributed by atoms with Crippen LogP contribution in [0.4, 0.5) is 5.69 Å². The molecule has 4 rings (SSSR count). The van der Waals surface area contributed by atoms with Crippen LogP contribution in [-0.2, 0) is 25.8 Å². The van der Waals surface area contributed by atoms with E-state index in [1.165, 1.54) is 48.8 Å². The van der Waals surface area contributed by atoms with Crippen molar-refractivity contribution >= 4 is 44.9 Å². The van der Waals surface area contributed by atoms with Crippen LogP contribution < -0.4 is 10.6 Å². The first-order valence-electron chi connectivity index (χ1n) is 11.4. The van der Waals surface area contributed by atoms with E-state index in [4.69, 9.17) is 16.7 Å². The Kier molecular flexibility index (Phi) is 8.32. The van der Waals surface area contributed by atoms with Crippen LogP contribution in [0.1, 0.15) is 15.9 Å². The minimum absolute atomic E-state index is 0.0365. The Morgan fingerprint density at radius 1 is 1.00 bits per heavy atom. The Hall–Kier alpha value is -4.62. The first-order chi connectivity index (χ1) is 18.6. The second kappa shape index (κ2) is 11.8. The number of aromatic nitrogens is 4. The van der Waals surface area contributed by atoms with Crippen molar-refractivity contribution in [3.8, 4) is 5.69 Å². The predicted molar refractivity (Wildman–Crippen MR) is 140 cm³/mol. The molecule has 0 aliphatic carbocycles. The average molecular weight is 569 g/mol. The largest absolute Gasteiger partial charge is 0.478 e. The molecule has 1 heterocycles. The van der Waals surface area contributed by atoms with Crippen molar-refractivity contribution in [2.75, 3.05) is 11.1 Å². The minimum Gasteiger partial charge on any atom is -0.478 e. The molecule has 0 spiro atoms. The number of sulfone groups is 1. The third-order valence-corrected chi connectivity index (χ3v) is 7.38. The highest BCUT2D eigenvalue weighted by atomic mass is 35.5. The third-order valence-electron chi connectivity index (χ3n) is 5.51. The lowest BCUT2D eigenvalue weighted by atomic mass is 10.0. The number of nitrogens with zero attached hydrogens (tertiary/aromatic N) is 4. The summed E-state index contributed by atoms with van der Waals surface area (Å²) in [5.41, 5.74) is 1.16. The topological polar surface area (TPSA) is 173 Å². The highest BCUT2D eigenvalue weighted by Crippen LogP contribution is 2.24. The van der Waals surface area contributed by atoms with Crippen LogP contribution in [0.15, 0.2) is 84.0 Å². The van der Waals surface area contributed by atoms with Crippen LogP contribution in [0.3, 0.4) is 0 Å². The van der Waals surface area contributed by atoms with E-state index in [1.807, 2.05) is 0 Å². The van der Waals surface area contributed by atoms with Crippen LogP contribution >= 0.6 is 11.6 Å². The van der Waals surface area contributed by atoms with Gasteiger partial charge in [-0.15, -0.1) is 5.10 Å². The van der Waals surface area contributed by atoms with Gasteiger partial charge in [-0.2, -0.15) is 4.68 Å². The van der Waals surface area contributed by atoms with Gasteiger partial charge in [0.25, 0.3) is 0 Å². The maximum absolute atomic E-state index is 13.2. The Morgan fingerprint density at radius 2 is 1.72 bits per heavy atom. The zero-order valence-electron chi connectivity index (χ0n) is 20.1. The maximum atomic E-state index is 13.2. The molecule has 2 amide bonds. The SMILES string of the molecule is O=C(CS(=O)(=O)c1cc(Cl)ccc1-n1cnnn1)NC(Cc1ccccc1)C(=O)Nc1ccc(C(=O)O)cc1. The number of anilines is 1. The fourth-order valence-electron chi connectivity index (χ4n) is 3.67. The fourth-order valence-corrected chi connectivity index (χ4v) is 5.28. The first-order valence-corrected chi connectivity index (χ1v) is 13.4. The molecule has 200 valence electrons. The molecule has 4 aromatic rings. The van der Waals surface area contributed by atoms with Crippen molar-refractivity contribution in [2.45, 2.75) is 17.4 Å². The summed E-state index contributed by atoms with van der Waals surface area (Å²) in [6.45, 7) is 0. The monoisotopic (exact) mass is 568 g/mol. The van der Waals surface area contributed by atoms with Crippen LogP contribution in [0, 0.1) is 0 Å². The lowest BCUT2D eigenvalue weighted by Crippen LogP contribution is -2.47. The van der Waals surface area contributed by atoms with Gasteiger partial charge in [-0.1, -0.05) is 41.9 Å². The highest BCUT2D eigenvalue weighted by Gasteiger charge is 2.28. The van der Waals surface area contributed by atoms with Gasteiger partial charge in [0.2, 0.25) is 11.8 Å². The molecule has 1 unspecified atom stereocenters. The summed E-state index contributed by atoms with van der Waals surface area (Å²) in [6.07, 6.45) is 1.27. The Balaban J connectivity index is 1.55. The second-order valence-corrected chi connectivity index (χ2v) is 10.7. The van der Waals surface area contributed by atoms with E-state index >= 15 is 0 Å². The van der Waals surface area contributed by atoms with Crippen molar-refractivity contribution in [1.29, 1.82) is 0 Å². The molecule has 3 aromatic carbocycles. The van der Waals surface area contributed by atoms with E-state index < -0.39 is 39.4 Å². The molecule has 0 aliphatic rings. The number of hydrogen-bond acceptors (Lipinski definition) is 8. The molecule has 0 radical (unpaired) electrons. The Bertz CT molecular complexity index is 1600. The number of carboxylic acids is 1. The zero-order valence-corrected chi connectivity index (χ0v) is 21.6. The predicted octanol–water partition coefficient (Wildman–Crippen LogP) is 2.15. The summed E-state index contributed by atoms with van der Waals surface area (Å²) >= 11 is 6.03. The second-order valence-electron chi connectivity index (χ2n) is 8.31. The summed E-state index contributed by atoms with van der Waals surface area (Å²) < 4.78 is 27.6. The van der Waals surface area contributed by atoms with Gasteiger partial charge in [-0.05, 0) is 58.5 Å². The molecule has 0 fully saturated rings. The summed E-state index contributed by atoms with van der Waals surface area (Å²) in [6, 6.07) is 17.2. The van der Waals surface area contributed by atoms with Crippen LogP contribution in [0.2, 0.25) is 5.02 Å². The number of carbonyl (C=O) groups is 3. The van der Waals surface area contributed by atoms with Gasteiger partial charge < -0.3 is 15.7 Å². The van der Waals surface area contributed by atoms with Crippen molar-refractivity contribution in [3.05, 3.63) is 95.3 Å². The van der Waals surface area contributed by atoms with Gasteiger partial charge in [-0.25, -0.2) is 13.2 Å². The molecule has 0 bridgehead atoms. The molecule has 1 atom stereocenters. The van der Waals surface area contributed by atoms with E-state index in [1.54, 1.807) is 30.3 Å². The summed E-state index contributed by atoms with van der Waals surface area (Å²) in [4.78, 5) is 36.9. The average Bonchev–Trinajstić information content (AvgIpc) is 3.44. The van der Waals surface area contributed by atoms with E-state index in [-0.39, 0.29) is 27.6 Å². The number of benzene rings is 3. The molecule has 39 heavy (non-hydrogen) atoms. The number of amides is 2. The minimum atomic E-state index is -4.25. The van der Waals surface area contributed by atoms with Gasteiger partial charge in [0.05, 0.1) is 16.1 Å². The number of hydrogen-bond donors (Lipinski definition) is 3. The maximum Gasteiger partial charge on any atom is 0.335 e. The van der Waals surface area contributed by atoms with E-state index in [0.717, 1.165) is 10.2 Å².